The molecule has 0 saturated heterocycles. The molecule has 1 aliphatic rings. The van der Waals surface area contributed by atoms with E-state index in [1.165, 1.54) is 0 Å². The Hall–Kier alpha value is -3.17. The number of alkyl carbamates (subject to hydrolysis) is 1. The fourth-order valence-electron chi connectivity index (χ4n) is 5.02. The molecule has 2 amide bonds. The highest BCUT2D eigenvalue weighted by atomic mass is 28.4. The van der Waals surface area contributed by atoms with Crippen molar-refractivity contribution in [3.8, 4) is 11.1 Å². The van der Waals surface area contributed by atoms with Gasteiger partial charge in [0.2, 0.25) is 0 Å². The lowest BCUT2D eigenvalue weighted by Gasteiger charge is -2.41. The molecule has 2 aromatic carbocycles. The first-order chi connectivity index (χ1) is 19.8. The number of amides is 2. The van der Waals surface area contributed by atoms with Gasteiger partial charge in [0.1, 0.15) is 11.6 Å². The Balaban J connectivity index is 1.57. The monoisotopic (exact) mass is 610 g/mol. The van der Waals surface area contributed by atoms with E-state index >= 15 is 0 Å². The second-order valence-electron chi connectivity index (χ2n) is 14.3. The molecule has 236 valence electrons. The van der Waals surface area contributed by atoms with Crippen LogP contribution in [0.25, 0.3) is 11.1 Å². The molecule has 1 atom stereocenters. The van der Waals surface area contributed by atoms with Gasteiger partial charge in [-0.3, -0.25) is 4.79 Å². The summed E-state index contributed by atoms with van der Waals surface area (Å²) in [5.41, 5.74) is 3.61. The molecule has 0 radical (unpaired) electrons. The Morgan fingerprint density at radius 2 is 1.56 bits per heavy atom. The SMILES string of the molecule is Cc1cc(C(=O)NC2CCC(O[Si](C)(C)C(C)(C)C)CC2)ccc1-c1ccc(C[C@H](NC(=O)OC(C)(C)C)C(=O)O)cc1. The highest BCUT2D eigenvalue weighted by molar-refractivity contribution is 6.74. The van der Waals surface area contributed by atoms with Crippen molar-refractivity contribution >= 4 is 26.3 Å². The number of rotatable bonds is 9. The van der Waals surface area contributed by atoms with E-state index in [-0.39, 0.29) is 29.5 Å². The van der Waals surface area contributed by atoms with Gasteiger partial charge in [0.05, 0.1) is 0 Å². The van der Waals surface area contributed by atoms with Gasteiger partial charge in [0.15, 0.2) is 8.32 Å². The Morgan fingerprint density at radius 3 is 2.07 bits per heavy atom. The third-order valence-corrected chi connectivity index (χ3v) is 13.0. The lowest BCUT2D eigenvalue weighted by molar-refractivity contribution is -0.139. The van der Waals surface area contributed by atoms with Gasteiger partial charge in [-0.2, -0.15) is 0 Å². The molecule has 0 aliphatic heterocycles. The standard InChI is InChI=1S/C34H50N2O6Si/c1-22-20-25(30(37)35-26-15-17-27(18-16-26)42-43(8,9)34(5,6)7)14-19-28(22)24-12-10-23(11-13-24)21-29(31(38)39)36-32(40)41-33(2,3)4/h10-14,19-20,26-27,29H,15-18,21H2,1-9H3,(H,35,37)(H,36,40)(H,38,39)/t26?,27?,29-/m0/s1. The van der Waals surface area contributed by atoms with E-state index in [1.807, 2.05) is 49.4 Å². The van der Waals surface area contributed by atoms with Gasteiger partial charge in [-0.15, -0.1) is 0 Å². The molecule has 0 heterocycles. The maximum Gasteiger partial charge on any atom is 0.408 e. The quantitative estimate of drug-likeness (QED) is 0.258. The van der Waals surface area contributed by atoms with Gasteiger partial charge < -0.3 is 24.9 Å². The second kappa shape index (κ2) is 13.6. The second-order valence-corrected chi connectivity index (χ2v) is 19.0. The van der Waals surface area contributed by atoms with Crippen LogP contribution >= 0.6 is 0 Å². The number of carbonyl (C=O) groups is 3. The summed E-state index contributed by atoms with van der Waals surface area (Å²) in [4.78, 5) is 36.9. The van der Waals surface area contributed by atoms with Gasteiger partial charge in [0.25, 0.3) is 5.91 Å². The molecule has 2 aromatic rings. The fraction of sp³-hybridized carbons (Fsp3) is 0.559. The van der Waals surface area contributed by atoms with E-state index in [1.54, 1.807) is 20.8 Å². The van der Waals surface area contributed by atoms with Crippen molar-refractivity contribution in [3.05, 3.63) is 59.2 Å². The predicted octanol–water partition coefficient (Wildman–Crippen LogP) is 7.25. The zero-order valence-electron chi connectivity index (χ0n) is 27.3. The number of carboxylic acid groups (broad SMARTS) is 1. The zero-order valence-corrected chi connectivity index (χ0v) is 28.3. The van der Waals surface area contributed by atoms with E-state index in [0.29, 0.717) is 5.56 Å². The van der Waals surface area contributed by atoms with Crippen molar-refractivity contribution < 1.29 is 28.7 Å². The molecular weight excluding hydrogens is 560 g/mol. The number of aliphatic carboxylic acids is 1. The smallest absolute Gasteiger partial charge is 0.408 e. The van der Waals surface area contributed by atoms with Crippen molar-refractivity contribution in [3.63, 3.8) is 0 Å². The molecule has 0 aromatic heterocycles. The lowest BCUT2D eigenvalue weighted by atomic mass is 9.92. The molecule has 43 heavy (non-hydrogen) atoms. The molecule has 3 rings (SSSR count). The van der Waals surface area contributed by atoms with Gasteiger partial charge in [-0.25, -0.2) is 9.59 Å². The van der Waals surface area contributed by atoms with Crippen molar-refractivity contribution in [2.75, 3.05) is 0 Å². The first-order valence-electron chi connectivity index (χ1n) is 15.3. The highest BCUT2D eigenvalue weighted by Crippen LogP contribution is 2.39. The molecule has 0 bridgehead atoms. The van der Waals surface area contributed by atoms with Crippen LogP contribution in [0.2, 0.25) is 18.1 Å². The van der Waals surface area contributed by atoms with Gasteiger partial charge in [-0.1, -0.05) is 51.1 Å². The van der Waals surface area contributed by atoms with Crippen molar-refractivity contribution in [1.82, 2.24) is 10.6 Å². The summed E-state index contributed by atoms with van der Waals surface area (Å²) < 4.78 is 11.8. The van der Waals surface area contributed by atoms with E-state index in [2.05, 4.69) is 44.5 Å². The Labute approximate surface area is 258 Å². The Morgan fingerprint density at radius 1 is 0.953 bits per heavy atom. The van der Waals surface area contributed by atoms with Gasteiger partial charge in [-0.05, 0) is 106 Å². The zero-order chi connectivity index (χ0) is 32.2. The molecule has 0 unspecified atom stereocenters. The first-order valence-corrected chi connectivity index (χ1v) is 18.2. The lowest BCUT2D eigenvalue weighted by Crippen LogP contribution is -2.46. The third-order valence-electron chi connectivity index (χ3n) is 8.46. The Bertz CT molecular complexity index is 1290. The normalized spacial score (nSPS) is 18.4. The number of benzene rings is 2. The number of carbonyl (C=O) groups excluding carboxylic acids is 2. The first kappa shape index (κ1) is 34.3. The summed E-state index contributed by atoms with van der Waals surface area (Å²) in [5, 5.41) is 15.4. The number of hydrogen-bond donors (Lipinski definition) is 3. The van der Waals surface area contributed by atoms with E-state index in [4.69, 9.17) is 9.16 Å². The summed E-state index contributed by atoms with van der Waals surface area (Å²) >= 11 is 0. The minimum atomic E-state index is -1.80. The maximum atomic E-state index is 13.1. The van der Waals surface area contributed by atoms with Crippen LogP contribution in [0.3, 0.4) is 0 Å². The summed E-state index contributed by atoms with van der Waals surface area (Å²) in [6.07, 6.45) is 3.41. The minimum Gasteiger partial charge on any atom is -0.480 e. The summed E-state index contributed by atoms with van der Waals surface area (Å²) in [5.74, 6) is -1.19. The maximum absolute atomic E-state index is 13.1. The van der Waals surface area contributed by atoms with E-state index in [0.717, 1.165) is 47.9 Å². The molecule has 8 nitrogen and oxygen atoms in total. The highest BCUT2D eigenvalue weighted by Gasteiger charge is 2.40. The van der Waals surface area contributed by atoms with Crippen molar-refractivity contribution in [2.24, 2.45) is 0 Å². The number of carboxylic acids is 1. The number of ether oxygens (including phenoxy) is 1. The average Bonchev–Trinajstić information content (AvgIpc) is 2.88. The van der Waals surface area contributed by atoms with Gasteiger partial charge in [0, 0.05) is 24.1 Å². The molecule has 1 aliphatic carbocycles. The average molecular weight is 611 g/mol. The predicted molar refractivity (Wildman–Crippen MR) is 173 cm³/mol. The van der Waals surface area contributed by atoms with Crippen LogP contribution in [0.4, 0.5) is 4.79 Å². The Kier molecular flexibility index (Phi) is 10.9. The van der Waals surface area contributed by atoms with Crippen LogP contribution in [0.5, 0.6) is 0 Å². The number of hydrogen-bond acceptors (Lipinski definition) is 5. The largest absolute Gasteiger partial charge is 0.480 e. The van der Waals surface area contributed by atoms with Crippen LogP contribution in [0.1, 0.15) is 88.7 Å². The van der Waals surface area contributed by atoms with Crippen LogP contribution < -0.4 is 10.6 Å². The summed E-state index contributed by atoms with van der Waals surface area (Å²) in [6.45, 7) is 18.5. The molecule has 3 N–H and O–H groups in total. The minimum absolute atomic E-state index is 0.0593. The van der Waals surface area contributed by atoms with Gasteiger partial charge >= 0.3 is 12.1 Å². The number of aryl methyl sites for hydroxylation is 1. The van der Waals surface area contributed by atoms with E-state index < -0.39 is 32.0 Å². The topological polar surface area (TPSA) is 114 Å². The molecule has 1 fully saturated rings. The van der Waals surface area contributed by atoms with Crippen molar-refractivity contribution in [1.29, 1.82) is 0 Å². The van der Waals surface area contributed by atoms with E-state index in [9.17, 15) is 19.5 Å². The fourth-order valence-corrected chi connectivity index (χ4v) is 6.44. The third kappa shape index (κ3) is 9.93. The van der Waals surface area contributed by atoms with Crippen LogP contribution in [-0.2, 0) is 20.4 Å². The molecular formula is C34H50N2O6Si. The molecule has 9 heteroatoms. The van der Waals surface area contributed by atoms with Crippen LogP contribution in [-0.4, -0.2) is 55.2 Å². The molecule has 1 saturated carbocycles. The van der Waals surface area contributed by atoms with Crippen LogP contribution in [0, 0.1) is 6.92 Å². The summed E-state index contributed by atoms with van der Waals surface area (Å²) in [7, 11) is -1.80. The van der Waals surface area contributed by atoms with Crippen LogP contribution in [0.15, 0.2) is 42.5 Å². The van der Waals surface area contributed by atoms with Crippen molar-refractivity contribution in [2.45, 2.75) is 122 Å². The molecule has 0 spiro atoms. The summed E-state index contributed by atoms with van der Waals surface area (Å²) in [6, 6.07) is 12.3. The number of nitrogens with one attached hydrogen (secondary N) is 2.